The molecule has 0 aliphatic carbocycles. The Bertz CT molecular complexity index is 486. The van der Waals surface area contributed by atoms with E-state index in [2.05, 4.69) is 60.4 Å². The molecule has 2 rings (SSSR count). The summed E-state index contributed by atoms with van der Waals surface area (Å²) in [4.78, 5) is 0. The fraction of sp³-hybridized carbons (Fsp3) is 0.176. The van der Waals surface area contributed by atoms with Gasteiger partial charge in [0.15, 0.2) is 0 Å². The standard InChI is InChI=1S/C17H16/c1-4-10-16(11-5-1)14-8-3-9-15-17-12-6-2-7-13-17/h1-2,4-7,10-13H,8,14-15H2. The molecular weight excluding hydrogens is 204 g/mol. The van der Waals surface area contributed by atoms with E-state index in [9.17, 15) is 0 Å². The van der Waals surface area contributed by atoms with Crippen LogP contribution in [0, 0.1) is 11.8 Å². The third-order valence-electron chi connectivity index (χ3n) is 2.64. The molecule has 0 heteroatoms. The summed E-state index contributed by atoms with van der Waals surface area (Å²) < 4.78 is 0. The van der Waals surface area contributed by atoms with Crippen LogP contribution in [0.2, 0.25) is 0 Å². The van der Waals surface area contributed by atoms with Crippen LogP contribution in [0.1, 0.15) is 17.5 Å². The van der Waals surface area contributed by atoms with Crippen LogP contribution in [0.3, 0.4) is 0 Å². The largest absolute Gasteiger partial charge is 0.103 e. The van der Waals surface area contributed by atoms with Crippen molar-refractivity contribution in [3.8, 4) is 11.8 Å². The summed E-state index contributed by atoms with van der Waals surface area (Å²) in [5.41, 5.74) is 2.65. The molecule has 0 aromatic heterocycles. The zero-order valence-electron chi connectivity index (χ0n) is 9.89. The third kappa shape index (κ3) is 4.17. The maximum absolute atomic E-state index is 3.23. The van der Waals surface area contributed by atoms with Crippen molar-refractivity contribution in [3.63, 3.8) is 0 Å². The molecule has 0 heterocycles. The van der Waals surface area contributed by atoms with Crippen molar-refractivity contribution in [1.29, 1.82) is 0 Å². The van der Waals surface area contributed by atoms with Gasteiger partial charge in [-0.05, 0) is 17.5 Å². The van der Waals surface area contributed by atoms with Gasteiger partial charge in [0.05, 0.1) is 0 Å². The van der Waals surface area contributed by atoms with Crippen molar-refractivity contribution >= 4 is 0 Å². The molecule has 0 nitrogen and oxygen atoms in total. The van der Waals surface area contributed by atoms with E-state index in [4.69, 9.17) is 0 Å². The van der Waals surface area contributed by atoms with Crippen LogP contribution in [-0.4, -0.2) is 0 Å². The predicted molar refractivity (Wildman–Crippen MR) is 72.7 cm³/mol. The fourth-order valence-corrected chi connectivity index (χ4v) is 1.70. The van der Waals surface area contributed by atoms with Gasteiger partial charge in [0.2, 0.25) is 0 Å². The summed E-state index contributed by atoms with van der Waals surface area (Å²) in [5, 5.41) is 0. The van der Waals surface area contributed by atoms with Crippen LogP contribution >= 0.6 is 0 Å². The van der Waals surface area contributed by atoms with Crippen LogP contribution < -0.4 is 0 Å². The molecule has 0 saturated carbocycles. The highest BCUT2D eigenvalue weighted by Gasteiger charge is 1.88. The highest BCUT2D eigenvalue weighted by molar-refractivity contribution is 5.21. The van der Waals surface area contributed by atoms with Crippen molar-refractivity contribution in [3.05, 3.63) is 71.8 Å². The van der Waals surface area contributed by atoms with E-state index in [1.807, 2.05) is 12.1 Å². The highest BCUT2D eigenvalue weighted by Crippen LogP contribution is 2.02. The molecule has 17 heavy (non-hydrogen) atoms. The number of benzene rings is 2. The van der Waals surface area contributed by atoms with Gasteiger partial charge in [-0.1, -0.05) is 66.6 Å². The lowest BCUT2D eigenvalue weighted by Crippen LogP contribution is -1.83. The zero-order chi connectivity index (χ0) is 11.8. The number of hydrogen-bond donors (Lipinski definition) is 0. The van der Waals surface area contributed by atoms with E-state index in [1.54, 1.807) is 0 Å². The monoisotopic (exact) mass is 220 g/mol. The lowest BCUT2D eigenvalue weighted by atomic mass is 10.1. The molecule has 0 aliphatic rings. The summed E-state index contributed by atoms with van der Waals surface area (Å²) >= 11 is 0. The van der Waals surface area contributed by atoms with Crippen molar-refractivity contribution in [2.45, 2.75) is 19.3 Å². The molecule has 0 saturated heterocycles. The molecule has 0 unspecified atom stereocenters. The fourth-order valence-electron chi connectivity index (χ4n) is 1.70. The second-order valence-corrected chi connectivity index (χ2v) is 4.00. The van der Waals surface area contributed by atoms with Crippen molar-refractivity contribution in [1.82, 2.24) is 0 Å². The van der Waals surface area contributed by atoms with E-state index in [0.29, 0.717) is 0 Å². The van der Waals surface area contributed by atoms with E-state index < -0.39 is 0 Å². The quantitative estimate of drug-likeness (QED) is 0.689. The van der Waals surface area contributed by atoms with Gasteiger partial charge < -0.3 is 0 Å². The minimum atomic E-state index is 0.857. The zero-order valence-corrected chi connectivity index (χ0v) is 9.89. The predicted octanol–water partition coefficient (Wildman–Crippen LogP) is 3.87. The highest BCUT2D eigenvalue weighted by atomic mass is 13.9. The Kier molecular flexibility index (Phi) is 4.43. The Morgan fingerprint density at radius 3 is 1.88 bits per heavy atom. The van der Waals surface area contributed by atoms with Crippen molar-refractivity contribution in [2.24, 2.45) is 0 Å². The summed E-state index contributed by atoms with van der Waals surface area (Å²) in [7, 11) is 0. The van der Waals surface area contributed by atoms with Gasteiger partial charge in [0.25, 0.3) is 0 Å². The van der Waals surface area contributed by atoms with Crippen LogP contribution in [0.5, 0.6) is 0 Å². The number of aryl methyl sites for hydroxylation is 1. The molecule has 2 aromatic carbocycles. The van der Waals surface area contributed by atoms with Gasteiger partial charge in [-0.25, -0.2) is 0 Å². The van der Waals surface area contributed by atoms with E-state index in [0.717, 1.165) is 19.3 Å². The number of hydrogen-bond acceptors (Lipinski definition) is 0. The van der Waals surface area contributed by atoms with Gasteiger partial charge in [-0.3, -0.25) is 0 Å². The van der Waals surface area contributed by atoms with Crippen LogP contribution in [0.4, 0.5) is 0 Å². The molecule has 0 fully saturated rings. The molecule has 84 valence electrons. The van der Waals surface area contributed by atoms with E-state index >= 15 is 0 Å². The lowest BCUT2D eigenvalue weighted by Gasteiger charge is -1.95. The third-order valence-corrected chi connectivity index (χ3v) is 2.64. The molecule has 0 amide bonds. The Morgan fingerprint density at radius 2 is 1.24 bits per heavy atom. The SMILES string of the molecule is C(#CCc1ccccc1)CCc1ccccc1. The Morgan fingerprint density at radius 1 is 0.647 bits per heavy atom. The van der Waals surface area contributed by atoms with Gasteiger partial charge in [-0.2, -0.15) is 0 Å². The first-order chi connectivity index (χ1) is 8.45. The summed E-state index contributed by atoms with van der Waals surface area (Å²) in [5.74, 6) is 6.45. The summed E-state index contributed by atoms with van der Waals surface area (Å²) in [6.07, 6.45) is 2.84. The Hall–Kier alpha value is -2.00. The maximum atomic E-state index is 3.23. The molecule has 0 spiro atoms. The average Bonchev–Trinajstić information content (AvgIpc) is 2.41. The molecule has 0 radical (unpaired) electrons. The lowest BCUT2D eigenvalue weighted by molar-refractivity contribution is 1.03. The topological polar surface area (TPSA) is 0 Å². The van der Waals surface area contributed by atoms with Gasteiger partial charge in [0, 0.05) is 12.8 Å². The average molecular weight is 220 g/mol. The summed E-state index contributed by atoms with van der Waals surface area (Å²) in [6, 6.07) is 20.9. The number of rotatable bonds is 3. The first-order valence-corrected chi connectivity index (χ1v) is 5.99. The smallest absolute Gasteiger partial charge is 0.0340 e. The molecule has 2 aromatic rings. The van der Waals surface area contributed by atoms with Gasteiger partial charge in [-0.15, -0.1) is 5.92 Å². The van der Waals surface area contributed by atoms with Crippen LogP contribution in [-0.2, 0) is 12.8 Å². The Balaban J connectivity index is 1.76. The van der Waals surface area contributed by atoms with Crippen LogP contribution in [0.25, 0.3) is 0 Å². The normalized spacial score (nSPS) is 9.41. The van der Waals surface area contributed by atoms with E-state index in [1.165, 1.54) is 11.1 Å². The molecule has 0 aliphatic heterocycles. The minimum Gasteiger partial charge on any atom is -0.103 e. The van der Waals surface area contributed by atoms with E-state index in [-0.39, 0.29) is 0 Å². The first-order valence-electron chi connectivity index (χ1n) is 5.99. The van der Waals surface area contributed by atoms with Gasteiger partial charge in [0.1, 0.15) is 0 Å². The molecule has 0 atom stereocenters. The van der Waals surface area contributed by atoms with Gasteiger partial charge >= 0.3 is 0 Å². The van der Waals surface area contributed by atoms with Crippen molar-refractivity contribution < 1.29 is 0 Å². The molecule has 0 N–H and O–H groups in total. The van der Waals surface area contributed by atoms with Crippen LogP contribution in [0.15, 0.2) is 60.7 Å². The first kappa shape index (κ1) is 11.5. The van der Waals surface area contributed by atoms with Crippen molar-refractivity contribution in [2.75, 3.05) is 0 Å². The second-order valence-electron chi connectivity index (χ2n) is 4.00. The molecular formula is C17H16. The maximum Gasteiger partial charge on any atom is 0.0340 e. The second kappa shape index (κ2) is 6.55. The Labute approximate surface area is 103 Å². The minimum absolute atomic E-state index is 0.857. The molecule has 0 bridgehead atoms. The summed E-state index contributed by atoms with van der Waals surface area (Å²) in [6.45, 7) is 0.